The van der Waals surface area contributed by atoms with Crippen LogP contribution < -0.4 is 5.56 Å². The minimum atomic E-state index is -0.106. The average Bonchev–Trinajstić information content (AvgIpc) is 2.88. The molecule has 0 fully saturated rings. The molecule has 0 amide bonds. The number of nitrogens with one attached hydrogen (secondary N) is 1. The van der Waals surface area contributed by atoms with Gasteiger partial charge in [-0.2, -0.15) is 0 Å². The number of aromatic nitrogens is 1. The van der Waals surface area contributed by atoms with Crippen LogP contribution >= 0.6 is 0 Å². The number of furan rings is 1. The Bertz CT molecular complexity index is 866. The zero-order valence-corrected chi connectivity index (χ0v) is 12.6. The molecule has 0 radical (unpaired) electrons. The van der Waals surface area contributed by atoms with Crippen molar-refractivity contribution in [2.45, 2.75) is 20.8 Å². The van der Waals surface area contributed by atoms with Crippen molar-refractivity contribution < 1.29 is 4.42 Å². The largest absolute Gasteiger partial charge is 0.454 e. The molecule has 0 spiro atoms. The van der Waals surface area contributed by atoms with E-state index in [9.17, 15) is 4.79 Å². The second kappa shape index (κ2) is 6.27. The average molecular weight is 281 g/mol. The Balaban J connectivity index is 0.000000774. The lowest BCUT2D eigenvalue weighted by Gasteiger charge is -1.97. The summed E-state index contributed by atoms with van der Waals surface area (Å²) in [6.45, 7) is 9.67. The minimum Gasteiger partial charge on any atom is -0.454 e. The zero-order valence-electron chi connectivity index (χ0n) is 12.6. The minimum absolute atomic E-state index is 0.106. The molecule has 0 aliphatic carbocycles. The van der Waals surface area contributed by atoms with Gasteiger partial charge in [-0.1, -0.05) is 50.8 Å². The van der Waals surface area contributed by atoms with Gasteiger partial charge >= 0.3 is 0 Å². The van der Waals surface area contributed by atoms with Gasteiger partial charge < -0.3 is 9.40 Å². The number of aromatic amines is 1. The number of allylic oxidation sites excluding steroid dienone is 1. The van der Waals surface area contributed by atoms with Gasteiger partial charge in [-0.25, -0.2) is 0 Å². The number of rotatable bonds is 2. The molecule has 108 valence electrons. The first-order valence-electron chi connectivity index (χ1n) is 7.09. The SMILES string of the molecule is C=Cc1oc2c([nH]c(=O)c3ccccc32)c1/C=C\C.CC. The van der Waals surface area contributed by atoms with Gasteiger partial charge in [-0.05, 0) is 19.1 Å². The maximum Gasteiger partial charge on any atom is 0.256 e. The third-order valence-corrected chi connectivity index (χ3v) is 3.15. The van der Waals surface area contributed by atoms with Crippen LogP contribution in [0, 0.1) is 0 Å². The van der Waals surface area contributed by atoms with E-state index < -0.39 is 0 Å². The highest BCUT2D eigenvalue weighted by molar-refractivity contribution is 6.05. The van der Waals surface area contributed by atoms with E-state index in [1.54, 1.807) is 12.1 Å². The van der Waals surface area contributed by atoms with Gasteiger partial charge in [0.05, 0.1) is 10.9 Å². The number of H-pyrrole nitrogens is 1. The van der Waals surface area contributed by atoms with Crippen LogP contribution in [0.4, 0.5) is 0 Å². The molecule has 3 rings (SSSR count). The van der Waals surface area contributed by atoms with Gasteiger partial charge in [0.15, 0.2) is 5.58 Å². The van der Waals surface area contributed by atoms with Crippen molar-refractivity contribution in [2.75, 3.05) is 0 Å². The monoisotopic (exact) mass is 281 g/mol. The summed E-state index contributed by atoms with van der Waals surface area (Å²) in [5.74, 6) is 0.667. The fourth-order valence-corrected chi connectivity index (χ4v) is 2.32. The predicted octanol–water partition coefficient (Wildman–Crippen LogP) is 4.98. The maximum absolute atomic E-state index is 12.1. The summed E-state index contributed by atoms with van der Waals surface area (Å²) in [4.78, 5) is 15.0. The summed E-state index contributed by atoms with van der Waals surface area (Å²) in [5.41, 5.74) is 2.16. The number of fused-ring (bicyclic) bond motifs is 3. The second-order valence-corrected chi connectivity index (χ2v) is 4.29. The van der Waals surface area contributed by atoms with Gasteiger partial charge in [0.1, 0.15) is 5.76 Å². The Kier molecular flexibility index (Phi) is 4.43. The Morgan fingerprint density at radius 1 is 1.19 bits per heavy atom. The van der Waals surface area contributed by atoms with Crippen molar-refractivity contribution in [3.63, 3.8) is 0 Å². The first kappa shape index (κ1) is 14.9. The van der Waals surface area contributed by atoms with E-state index in [1.807, 2.05) is 51.1 Å². The molecular formula is C18H19NO2. The van der Waals surface area contributed by atoms with E-state index in [4.69, 9.17) is 4.42 Å². The first-order valence-corrected chi connectivity index (χ1v) is 7.09. The van der Waals surface area contributed by atoms with Crippen molar-refractivity contribution in [2.24, 2.45) is 0 Å². The molecule has 0 aliphatic heterocycles. The van der Waals surface area contributed by atoms with Crippen LogP contribution in [0.25, 0.3) is 34.0 Å². The van der Waals surface area contributed by atoms with Crippen molar-refractivity contribution in [3.8, 4) is 0 Å². The lowest BCUT2D eigenvalue weighted by Crippen LogP contribution is -2.05. The van der Waals surface area contributed by atoms with Gasteiger partial charge in [0.25, 0.3) is 5.56 Å². The molecule has 0 bridgehead atoms. The lowest BCUT2D eigenvalue weighted by molar-refractivity contribution is 0.606. The lowest BCUT2D eigenvalue weighted by atomic mass is 10.1. The Labute approximate surface area is 123 Å². The molecule has 0 aliphatic rings. The van der Waals surface area contributed by atoms with Crippen molar-refractivity contribution in [1.82, 2.24) is 4.98 Å². The molecule has 1 N–H and O–H groups in total. The highest BCUT2D eigenvalue weighted by Gasteiger charge is 2.14. The maximum atomic E-state index is 12.1. The fourth-order valence-electron chi connectivity index (χ4n) is 2.32. The van der Waals surface area contributed by atoms with Crippen LogP contribution in [0.3, 0.4) is 0 Å². The molecule has 3 heteroatoms. The Morgan fingerprint density at radius 3 is 2.48 bits per heavy atom. The van der Waals surface area contributed by atoms with E-state index >= 15 is 0 Å². The van der Waals surface area contributed by atoms with Gasteiger partial charge in [-0.15, -0.1) is 0 Å². The van der Waals surface area contributed by atoms with Crippen LogP contribution in [0.1, 0.15) is 32.1 Å². The number of benzene rings is 1. The summed E-state index contributed by atoms with van der Waals surface area (Å²) in [5, 5.41) is 1.45. The van der Waals surface area contributed by atoms with Gasteiger partial charge in [0, 0.05) is 10.9 Å². The van der Waals surface area contributed by atoms with Crippen molar-refractivity contribution in [1.29, 1.82) is 0 Å². The van der Waals surface area contributed by atoms with E-state index in [0.717, 1.165) is 16.5 Å². The van der Waals surface area contributed by atoms with E-state index in [0.29, 0.717) is 16.7 Å². The highest BCUT2D eigenvalue weighted by Crippen LogP contribution is 2.30. The molecule has 21 heavy (non-hydrogen) atoms. The molecule has 3 nitrogen and oxygen atoms in total. The summed E-state index contributed by atoms with van der Waals surface area (Å²) in [6.07, 6.45) is 5.47. The van der Waals surface area contributed by atoms with Gasteiger partial charge in [-0.3, -0.25) is 4.79 Å². The number of hydrogen-bond acceptors (Lipinski definition) is 2. The Hall–Kier alpha value is -2.55. The first-order chi connectivity index (χ1) is 10.3. The molecule has 0 saturated carbocycles. The number of hydrogen-bond donors (Lipinski definition) is 1. The highest BCUT2D eigenvalue weighted by atomic mass is 16.3. The number of pyridine rings is 1. The molecular weight excluding hydrogens is 262 g/mol. The van der Waals surface area contributed by atoms with Crippen LogP contribution in [0.2, 0.25) is 0 Å². The quantitative estimate of drug-likeness (QED) is 0.720. The predicted molar refractivity (Wildman–Crippen MR) is 90.5 cm³/mol. The standard InChI is InChI=1S/C16H13NO2.C2H6/c1-3-7-12-13(4-2)19-15-10-8-5-6-9-11(10)16(18)17-14(12)15;1-2/h3-9H,2H2,1H3,(H,17,18);1-2H3/b7-3-;. The molecule has 0 unspecified atom stereocenters. The normalized spacial score (nSPS) is 10.8. The molecule has 1 aromatic carbocycles. The van der Waals surface area contributed by atoms with Crippen LogP contribution in [-0.4, -0.2) is 4.98 Å². The third kappa shape index (κ3) is 2.42. The van der Waals surface area contributed by atoms with E-state index in [-0.39, 0.29) is 5.56 Å². The fraction of sp³-hybridized carbons (Fsp3) is 0.167. The molecule has 2 heterocycles. The summed E-state index contributed by atoms with van der Waals surface area (Å²) < 4.78 is 5.83. The summed E-state index contributed by atoms with van der Waals surface area (Å²) in [7, 11) is 0. The van der Waals surface area contributed by atoms with Crippen LogP contribution in [-0.2, 0) is 0 Å². The second-order valence-electron chi connectivity index (χ2n) is 4.29. The van der Waals surface area contributed by atoms with Gasteiger partial charge in [0.2, 0.25) is 0 Å². The third-order valence-electron chi connectivity index (χ3n) is 3.15. The molecule has 3 aromatic rings. The van der Waals surface area contributed by atoms with Crippen molar-refractivity contribution >= 4 is 34.0 Å². The molecule has 2 aromatic heterocycles. The molecule has 0 saturated heterocycles. The van der Waals surface area contributed by atoms with E-state index in [2.05, 4.69) is 11.6 Å². The molecule has 0 atom stereocenters. The van der Waals surface area contributed by atoms with E-state index in [1.165, 1.54) is 0 Å². The summed E-state index contributed by atoms with van der Waals surface area (Å²) in [6, 6.07) is 7.42. The Morgan fingerprint density at radius 2 is 1.86 bits per heavy atom. The smallest absolute Gasteiger partial charge is 0.256 e. The van der Waals surface area contributed by atoms with Crippen molar-refractivity contribution in [3.05, 3.63) is 58.6 Å². The van der Waals surface area contributed by atoms with Crippen LogP contribution in [0.5, 0.6) is 0 Å². The van der Waals surface area contributed by atoms with Crippen LogP contribution in [0.15, 0.2) is 46.1 Å². The zero-order chi connectivity index (χ0) is 15.4. The topological polar surface area (TPSA) is 46.0 Å². The summed E-state index contributed by atoms with van der Waals surface area (Å²) >= 11 is 0.